The summed E-state index contributed by atoms with van der Waals surface area (Å²) in [6.45, 7) is 0. The first-order chi connectivity index (χ1) is 32.8. The lowest BCUT2D eigenvalue weighted by Crippen LogP contribution is -1.93. The summed E-state index contributed by atoms with van der Waals surface area (Å²) in [5, 5.41) is 10.1. The predicted molar refractivity (Wildman–Crippen MR) is 284 cm³/mol. The van der Waals surface area contributed by atoms with Crippen molar-refractivity contribution in [3.63, 3.8) is 0 Å². The Morgan fingerprint density at radius 3 is 0.924 bits per heavy atom. The first-order valence-electron chi connectivity index (χ1n) is 22.8. The molecule has 0 atom stereocenters. The molecular weight excluding hydrogens is 793 g/mol. The molecule has 0 aromatic heterocycles. The van der Waals surface area contributed by atoms with E-state index >= 15 is 0 Å². The van der Waals surface area contributed by atoms with Gasteiger partial charge in [0.15, 0.2) is 0 Å². The van der Waals surface area contributed by atoms with Crippen molar-refractivity contribution in [2.24, 2.45) is 0 Å². The maximum absolute atomic E-state index is 2.30. The lowest BCUT2D eigenvalue weighted by molar-refractivity contribution is 1.58. The van der Waals surface area contributed by atoms with Crippen LogP contribution in [0.2, 0.25) is 0 Å². The number of hydrogen-bond acceptors (Lipinski definition) is 0. The van der Waals surface area contributed by atoms with Crippen LogP contribution in [0.3, 0.4) is 0 Å². The second-order valence-corrected chi connectivity index (χ2v) is 17.1. The molecule has 0 radical (unpaired) electrons. The summed E-state index contributed by atoms with van der Waals surface area (Å²) in [5.74, 6) is 0. The highest BCUT2D eigenvalue weighted by Gasteiger charge is 2.20. The fourth-order valence-corrected chi connectivity index (χ4v) is 10.3. The van der Waals surface area contributed by atoms with E-state index in [0.717, 1.165) is 5.56 Å². The van der Waals surface area contributed by atoms with Crippen molar-refractivity contribution < 1.29 is 0 Å². The van der Waals surface area contributed by atoms with E-state index in [-0.39, 0.29) is 0 Å². The van der Waals surface area contributed by atoms with Gasteiger partial charge in [-0.15, -0.1) is 0 Å². The van der Waals surface area contributed by atoms with E-state index in [1.165, 1.54) is 115 Å². The summed E-state index contributed by atoms with van der Waals surface area (Å²) in [5.41, 5.74) is 17.2. The Balaban J connectivity index is 0.874. The highest BCUT2D eigenvalue weighted by atomic mass is 14.2. The van der Waals surface area contributed by atoms with Gasteiger partial charge in [-0.2, -0.15) is 0 Å². The van der Waals surface area contributed by atoms with Crippen LogP contribution in [0.5, 0.6) is 0 Å². The molecule has 66 heavy (non-hydrogen) atoms. The van der Waals surface area contributed by atoms with Crippen LogP contribution in [-0.4, -0.2) is 0 Å². The Kier molecular flexibility index (Phi) is 9.97. The van der Waals surface area contributed by atoms with E-state index in [9.17, 15) is 0 Å². The van der Waals surface area contributed by atoms with Crippen LogP contribution in [0.4, 0.5) is 0 Å². The van der Waals surface area contributed by atoms with Crippen molar-refractivity contribution >= 4 is 55.2 Å². The zero-order valence-corrected chi connectivity index (χ0v) is 36.4. The Hall–Kier alpha value is -8.58. The van der Waals surface area contributed by atoms with Gasteiger partial charge in [-0.3, -0.25) is 0 Å². The quantitative estimate of drug-likeness (QED) is 0.106. The van der Waals surface area contributed by atoms with E-state index in [4.69, 9.17) is 0 Å². The van der Waals surface area contributed by atoms with Crippen LogP contribution in [0.25, 0.3) is 122 Å². The first kappa shape index (κ1) is 39.0. The molecule has 0 unspecified atom stereocenters. The minimum atomic E-state index is 1.16. The summed E-state index contributed by atoms with van der Waals surface area (Å²) in [6, 6.07) is 92.9. The van der Waals surface area contributed by atoms with Crippen molar-refractivity contribution in [2.75, 3.05) is 0 Å². The monoisotopic (exact) mass is 836 g/mol. The summed E-state index contributed by atoms with van der Waals surface area (Å²) < 4.78 is 0. The third kappa shape index (κ3) is 6.88. The molecule has 0 heterocycles. The summed E-state index contributed by atoms with van der Waals surface area (Å²) >= 11 is 0. The number of benzene rings is 12. The first-order valence-corrected chi connectivity index (χ1v) is 22.8. The minimum Gasteiger partial charge on any atom is -0.0622 e. The molecule has 0 saturated heterocycles. The van der Waals surface area contributed by atoms with Crippen LogP contribution in [0.1, 0.15) is 11.1 Å². The SMILES string of the molecule is C(=Cc1ccccc1-c1ccccc1-c1c2ccccc2c(-c2ccccc2)c2ccccc12)c1ccc(-c2ccc(-c3c4ccccc4c(-c4ccccc4)c4ccccc34)cc2)cc1. The molecule has 0 amide bonds. The van der Waals surface area contributed by atoms with Gasteiger partial charge in [0.1, 0.15) is 0 Å². The molecule has 0 saturated carbocycles. The molecule has 308 valence electrons. The maximum Gasteiger partial charge on any atom is -0.00201 e. The molecule has 0 N–H and O–H groups in total. The normalized spacial score (nSPS) is 11.6. The highest BCUT2D eigenvalue weighted by molar-refractivity contribution is 6.23. The van der Waals surface area contributed by atoms with Gasteiger partial charge in [0.25, 0.3) is 0 Å². The predicted octanol–water partition coefficient (Wildman–Crippen LogP) is 18.5. The molecule has 0 fully saturated rings. The van der Waals surface area contributed by atoms with E-state index in [2.05, 4.69) is 267 Å². The fraction of sp³-hybridized carbons (Fsp3) is 0. The van der Waals surface area contributed by atoms with Crippen LogP contribution in [0, 0.1) is 0 Å². The highest BCUT2D eigenvalue weighted by Crippen LogP contribution is 2.47. The number of fused-ring (bicyclic) bond motifs is 4. The summed E-state index contributed by atoms with van der Waals surface area (Å²) in [6.07, 6.45) is 4.51. The van der Waals surface area contributed by atoms with Crippen molar-refractivity contribution in [3.8, 4) is 66.8 Å². The molecule has 12 rings (SSSR count). The van der Waals surface area contributed by atoms with Crippen LogP contribution in [-0.2, 0) is 0 Å². The lowest BCUT2D eigenvalue weighted by Gasteiger charge is -2.20. The Morgan fingerprint density at radius 2 is 0.485 bits per heavy atom. The van der Waals surface area contributed by atoms with E-state index in [1.54, 1.807) is 0 Å². The number of hydrogen-bond donors (Lipinski definition) is 0. The molecule has 12 aromatic rings. The van der Waals surface area contributed by atoms with Gasteiger partial charge in [-0.1, -0.05) is 267 Å². The molecule has 0 heteroatoms. The van der Waals surface area contributed by atoms with Crippen LogP contribution in [0.15, 0.2) is 255 Å². The second kappa shape index (κ2) is 16.8. The third-order valence-corrected chi connectivity index (χ3v) is 13.3. The van der Waals surface area contributed by atoms with Crippen molar-refractivity contribution in [3.05, 3.63) is 266 Å². The van der Waals surface area contributed by atoms with Crippen molar-refractivity contribution in [2.45, 2.75) is 0 Å². The van der Waals surface area contributed by atoms with Crippen molar-refractivity contribution in [1.29, 1.82) is 0 Å². The molecule has 0 aliphatic carbocycles. The zero-order valence-electron chi connectivity index (χ0n) is 36.4. The maximum atomic E-state index is 2.30. The standard InChI is InChI=1S/C66H44/c1-3-20-49(21-4-1)63-55-27-11-13-29-57(55)65(58-30-14-12-28-56(58)63)51-43-41-47(42-44-51)46-38-35-45(36-39-46)37-40-48-19-7-8-24-52(48)53-25-9-10-26-54(53)66-61-33-17-15-31-59(61)64(50-22-5-2-6-23-50)60-32-16-18-34-62(60)66/h1-44H. The zero-order chi connectivity index (χ0) is 43.8. The number of rotatable bonds is 8. The fourth-order valence-electron chi connectivity index (χ4n) is 10.3. The molecule has 0 aliphatic heterocycles. The Labute approximate surface area is 386 Å². The molecule has 0 nitrogen and oxygen atoms in total. The Bertz CT molecular complexity index is 3650. The van der Waals surface area contributed by atoms with Crippen LogP contribution >= 0.6 is 0 Å². The van der Waals surface area contributed by atoms with Gasteiger partial charge in [-0.25, -0.2) is 0 Å². The van der Waals surface area contributed by atoms with Gasteiger partial charge in [0.2, 0.25) is 0 Å². The van der Waals surface area contributed by atoms with E-state index in [1.807, 2.05) is 0 Å². The summed E-state index contributed by atoms with van der Waals surface area (Å²) in [7, 11) is 0. The van der Waals surface area contributed by atoms with Gasteiger partial charge in [0, 0.05) is 0 Å². The average Bonchev–Trinajstić information content (AvgIpc) is 3.39. The molecular formula is C66H44. The van der Waals surface area contributed by atoms with E-state index in [0.29, 0.717) is 0 Å². The van der Waals surface area contributed by atoms with Gasteiger partial charge < -0.3 is 0 Å². The molecule has 0 spiro atoms. The molecule has 12 aromatic carbocycles. The molecule has 0 aliphatic rings. The second-order valence-electron chi connectivity index (χ2n) is 17.1. The van der Waals surface area contributed by atoms with E-state index < -0.39 is 0 Å². The van der Waals surface area contributed by atoms with Gasteiger partial charge in [0.05, 0.1) is 0 Å². The lowest BCUT2D eigenvalue weighted by atomic mass is 9.83. The Morgan fingerprint density at radius 1 is 0.182 bits per heavy atom. The summed E-state index contributed by atoms with van der Waals surface area (Å²) in [4.78, 5) is 0. The van der Waals surface area contributed by atoms with Gasteiger partial charge in [-0.05, 0) is 121 Å². The largest absolute Gasteiger partial charge is 0.0622 e. The third-order valence-electron chi connectivity index (χ3n) is 13.3. The minimum absolute atomic E-state index is 1.16. The average molecular weight is 837 g/mol. The van der Waals surface area contributed by atoms with Crippen LogP contribution < -0.4 is 0 Å². The smallest absolute Gasteiger partial charge is 0.00201 e. The van der Waals surface area contributed by atoms with Gasteiger partial charge >= 0.3 is 0 Å². The molecule has 0 bridgehead atoms. The topological polar surface area (TPSA) is 0 Å². The van der Waals surface area contributed by atoms with Crippen molar-refractivity contribution in [1.82, 2.24) is 0 Å².